The number of hydrogen-bond donors (Lipinski definition) is 0. The highest BCUT2D eigenvalue weighted by Crippen LogP contribution is 2.66. The second kappa shape index (κ2) is 17.9. The third-order valence-electron chi connectivity index (χ3n) is 4.80. The van der Waals surface area contributed by atoms with E-state index >= 15 is 0 Å². The number of quaternary nitrogens is 2. The summed E-state index contributed by atoms with van der Waals surface area (Å²) in [4.78, 5) is 4.42. The maximum atomic E-state index is 6.29. The van der Waals surface area contributed by atoms with E-state index in [-0.39, 0.29) is 24.8 Å². The van der Waals surface area contributed by atoms with E-state index in [0.717, 1.165) is 8.97 Å². The summed E-state index contributed by atoms with van der Waals surface area (Å²) in [6.07, 6.45) is 0. The van der Waals surface area contributed by atoms with Crippen LogP contribution < -0.4 is 24.8 Å². The van der Waals surface area contributed by atoms with E-state index in [9.17, 15) is 0 Å². The summed E-state index contributed by atoms with van der Waals surface area (Å²) in [5.41, 5.74) is -22.0. The first-order valence-electron chi connectivity index (χ1n) is 10.5. The number of rotatable bonds is 6. The highest BCUT2D eigenvalue weighted by Gasteiger charge is 2.95. The highest BCUT2D eigenvalue weighted by molar-refractivity contribution is 8.52. The van der Waals surface area contributed by atoms with Crippen LogP contribution >= 0.6 is 133 Å². The molecule has 1 fully saturated rings. The van der Waals surface area contributed by atoms with Crippen molar-refractivity contribution >= 4 is 167 Å². The molecule has 0 atom stereocenters. The fraction of sp³-hybridized carbons (Fsp3) is 1.00. The lowest BCUT2D eigenvalue weighted by Crippen LogP contribution is -3.00. The van der Waals surface area contributed by atoms with Gasteiger partial charge in [0.25, 0.3) is 34.4 Å². The van der Waals surface area contributed by atoms with Crippen LogP contribution in [-0.2, 0) is 0 Å². The van der Waals surface area contributed by atoms with Crippen molar-refractivity contribution in [3.05, 3.63) is 0 Å². The maximum absolute atomic E-state index is 6.29. The summed E-state index contributed by atoms with van der Waals surface area (Å²) < 4.78 is 2.11. The Hall–Kier alpha value is 5.20. The summed E-state index contributed by atoms with van der Waals surface area (Å²) in [6.45, 7) is 4.77. The van der Waals surface area contributed by atoms with E-state index in [2.05, 4.69) is 80.3 Å². The Morgan fingerprint density at radius 3 is 0.579 bits per heavy atom. The SMILES string of the molecule is CN(C)CC[N+](C)(C)C.CN(C)CC[N+](C)(C)C.Cl[Si]1(Cl)[Si](Cl)(Cl)[Si](Cl)(Cl)[Si](Cl)(Cl)[Si](Cl)(Cl)[Si]1(Cl)Cl.[Cl-].[Cl-]. The maximum Gasteiger partial charge on any atom is 0.295 e. The second-order valence-electron chi connectivity index (χ2n) is 11.1. The first kappa shape index (κ1) is 50.1. The van der Waals surface area contributed by atoms with Gasteiger partial charge in [-0.1, -0.05) is 0 Å². The van der Waals surface area contributed by atoms with Crippen LogP contribution in [0.5, 0.6) is 0 Å². The average Bonchev–Trinajstić information content (AvgIpc) is 2.63. The molecule has 0 aromatic heterocycles. The van der Waals surface area contributed by atoms with Crippen molar-refractivity contribution in [2.24, 2.45) is 0 Å². The molecule has 0 unspecified atom stereocenters. The highest BCUT2D eigenvalue weighted by atomic mass is 35.8. The minimum absolute atomic E-state index is 0. The van der Waals surface area contributed by atoms with Gasteiger partial charge in [0.2, 0.25) is 0 Å². The molecule has 236 valence electrons. The molecule has 0 saturated carbocycles. The molecule has 1 saturated heterocycles. The van der Waals surface area contributed by atoms with Crippen molar-refractivity contribution in [2.75, 3.05) is 96.7 Å². The molecule has 0 amide bonds. The standard InChI is InChI=1S/2C7H19N2.Cl12Si6.2ClH/c2*1-8(2)6-7-9(3,4)5;1-13(2)14(3,4)16(7,8)18(11,12)17(9,10)15(13,5)6;;/h2*6-7H2,1-5H3;;2*1H/q2*+1;;;/p-2. The zero-order chi connectivity index (χ0) is 30.0. The van der Waals surface area contributed by atoms with Gasteiger partial charge in [0.05, 0.1) is 55.4 Å². The van der Waals surface area contributed by atoms with Crippen molar-refractivity contribution in [3.8, 4) is 0 Å². The fourth-order valence-corrected chi connectivity index (χ4v) is 288. The Labute approximate surface area is 303 Å². The largest absolute Gasteiger partial charge is 1.00 e. The lowest BCUT2D eigenvalue weighted by atomic mass is 10.5. The van der Waals surface area contributed by atoms with Gasteiger partial charge < -0.3 is 43.6 Å². The fourth-order valence-electron chi connectivity index (χ4n) is 2.18. The zero-order valence-electron chi connectivity index (χ0n) is 22.9. The predicted octanol–water partition coefficient (Wildman–Crippen LogP) is 0.506. The Kier molecular flexibility index (Phi) is 23.6. The van der Waals surface area contributed by atoms with Crippen LogP contribution in [0.1, 0.15) is 0 Å². The van der Waals surface area contributed by atoms with Crippen LogP contribution in [-0.4, -0.2) is 150 Å². The summed E-state index contributed by atoms with van der Waals surface area (Å²) in [5, 5.41) is 0. The van der Waals surface area contributed by atoms with Gasteiger partial charge in [-0.25, -0.2) is 0 Å². The van der Waals surface area contributed by atoms with Gasteiger partial charge in [-0.15, -0.1) is 133 Å². The number of nitrogens with zero attached hydrogens (tertiary/aromatic N) is 4. The molecule has 0 radical (unpaired) electrons. The van der Waals surface area contributed by atoms with Gasteiger partial charge in [0.15, 0.2) is 0 Å². The van der Waals surface area contributed by atoms with Crippen LogP contribution in [0.15, 0.2) is 0 Å². The van der Waals surface area contributed by atoms with Crippen LogP contribution in [0.25, 0.3) is 0 Å². The Bertz CT molecular complexity index is 563. The molecule has 1 rings (SSSR count). The number of hydrogen-bond acceptors (Lipinski definition) is 2. The third-order valence-corrected chi connectivity index (χ3v) is 194. The van der Waals surface area contributed by atoms with E-state index in [1.165, 1.54) is 26.2 Å². The molecule has 4 nitrogen and oxygen atoms in total. The molecule has 0 spiro atoms. The molecule has 0 aliphatic carbocycles. The molecule has 38 heavy (non-hydrogen) atoms. The van der Waals surface area contributed by atoms with E-state index in [0.29, 0.717) is 0 Å². The van der Waals surface area contributed by atoms with Gasteiger partial charge in [-0.2, -0.15) is 0 Å². The molecule has 0 bridgehead atoms. The van der Waals surface area contributed by atoms with Crippen molar-refractivity contribution in [3.63, 3.8) is 0 Å². The minimum Gasteiger partial charge on any atom is -1.00 e. The Morgan fingerprint density at radius 2 is 0.526 bits per heavy atom. The van der Waals surface area contributed by atoms with Crippen LogP contribution in [0, 0.1) is 0 Å². The van der Waals surface area contributed by atoms with E-state index in [1.807, 2.05) is 0 Å². The lowest BCUT2D eigenvalue weighted by molar-refractivity contribution is -0.869. The van der Waals surface area contributed by atoms with Crippen molar-refractivity contribution in [1.82, 2.24) is 9.80 Å². The minimum atomic E-state index is -3.66. The topological polar surface area (TPSA) is 6.48 Å². The third kappa shape index (κ3) is 13.1. The second-order valence-corrected chi connectivity index (χ2v) is 101. The summed E-state index contributed by atoms with van der Waals surface area (Å²) in [5.74, 6) is 0. The molecule has 0 aromatic carbocycles. The van der Waals surface area contributed by atoms with E-state index < -0.39 is 34.4 Å². The summed E-state index contributed by atoms with van der Waals surface area (Å²) in [6, 6.07) is 0. The quantitative estimate of drug-likeness (QED) is 0.218. The predicted molar refractivity (Wildman–Crippen MR) is 188 cm³/mol. The monoisotopic (exact) mass is 920 g/mol. The molecule has 0 aromatic rings. The molecule has 24 heteroatoms. The molecule has 1 heterocycles. The summed E-state index contributed by atoms with van der Waals surface area (Å²) in [7, 11) is 21.7. The Balaban J connectivity index is -0.000000247. The number of likely N-dealkylation sites (N-methyl/N-ethyl adjacent to an activating group) is 4. The molecule has 1 aliphatic rings. The molecule has 1 aliphatic heterocycles. The van der Waals surface area contributed by atoms with E-state index in [1.54, 1.807) is 0 Å². The van der Waals surface area contributed by atoms with Crippen molar-refractivity contribution in [1.29, 1.82) is 0 Å². The van der Waals surface area contributed by atoms with Gasteiger partial charge >= 0.3 is 0 Å². The van der Waals surface area contributed by atoms with Crippen molar-refractivity contribution < 1.29 is 33.8 Å². The molecule has 0 N–H and O–H groups in total. The normalized spacial score (nSPS) is 22.1. The molecular weight excluding hydrogens is 889 g/mol. The lowest BCUT2D eigenvalue weighted by Gasteiger charge is -2.54. The zero-order valence-corrected chi connectivity index (χ0v) is 39.5. The average molecular weight is 927 g/mol. The Morgan fingerprint density at radius 1 is 0.395 bits per heavy atom. The van der Waals surface area contributed by atoms with Gasteiger partial charge in [-0.05, 0) is 28.2 Å². The van der Waals surface area contributed by atoms with Gasteiger partial charge in [0, 0.05) is 13.1 Å². The smallest absolute Gasteiger partial charge is 0.295 e. The van der Waals surface area contributed by atoms with E-state index in [4.69, 9.17) is 133 Å². The van der Waals surface area contributed by atoms with Crippen LogP contribution in [0.4, 0.5) is 0 Å². The van der Waals surface area contributed by atoms with Gasteiger partial charge in [0.1, 0.15) is 0 Å². The van der Waals surface area contributed by atoms with Crippen LogP contribution in [0.3, 0.4) is 0 Å². The van der Waals surface area contributed by atoms with Gasteiger partial charge in [-0.3, -0.25) is 0 Å². The number of halogens is 14. The molecular formula is C14H38Cl14N4Si6. The summed E-state index contributed by atoms with van der Waals surface area (Å²) >= 11 is 75.5. The first-order valence-corrected chi connectivity index (χ1v) is 40.6. The van der Waals surface area contributed by atoms with Crippen molar-refractivity contribution in [2.45, 2.75) is 0 Å². The van der Waals surface area contributed by atoms with Crippen LogP contribution in [0.2, 0.25) is 0 Å². The first-order chi connectivity index (χ1) is 15.3.